The Morgan fingerprint density at radius 3 is 2.56 bits per heavy atom. The minimum absolute atomic E-state index is 0.00546. The maximum Gasteiger partial charge on any atom is 0.304 e. The van der Waals surface area contributed by atoms with Crippen molar-refractivity contribution >= 4 is 16.0 Å². The van der Waals surface area contributed by atoms with E-state index >= 15 is 4.39 Å². The van der Waals surface area contributed by atoms with E-state index in [1.54, 1.807) is 12.1 Å². The highest BCUT2D eigenvalue weighted by Gasteiger charge is 2.33. The summed E-state index contributed by atoms with van der Waals surface area (Å²) in [5.41, 5.74) is 6.33. The number of aryl methyl sites for hydroxylation is 2. The monoisotopic (exact) mass is 609 g/mol. The first-order chi connectivity index (χ1) is 20.5. The molecular formula is C33H36FNO7S. The van der Waals surface area contributed by atoms with Crippen LogP contribution in [-0.2, 0) is 21.2 Å². The fourth-order valence-electron chi connectivity index (χ4n) is 6.81. The number of benzene rings is 3. The first-order valence-corrected chi connectivity index (χ1v) is 16.5. The maximum atomic E-state index is 15.3. The Labute approximate surface area is 251 Å². The van der Waals surface area contributed by atoms with Crippen LogP contribution in [0.4, 0.5) is 4.39 Å². The lowest BCUT2D eigenvalue weighted by Crippen LogP contribution is -2.43. The molecule has 8 nitrogen and oxygen atoms in total. The number of hydrogen-bond donors (Lipinski definition) is 1. The molecule has 43 heavy (non-hydrogen) atoms. The zero-order valence-corrected chi connectivity index (χ0v) is 25.4. The number of halogens is 1. The van der Waals surface area contributed by atoms with E-state index in [1.807, 2.05) is 38.1 Å². The topological polar surface area (TPSA) is 102 Å². The molecular weight excluding hydrogens is 573 g/mol. The Morgan fingerprint density at radius 1 is 1.07 bits per heavy atom. The highest BCUT2D eigenvalue weighted by Crippen LogP contribution is 2.45. The van der Waals surface area contributed by atoms with Gasteiger partial charge in [0.2, 0.25) is 10.0 Å². The van der Waals surface area contributed by atoms with Crippen molar-refractivity contribution in [3.8, 4) is 28.4 Å². The van der Waals surface area contributed by atoms with Crippen LogP contribution >= 0.6 is 0 Å². The van der Waals surface area contributed by atoms with E-state index in [0.717, 1.165) is 46.2 Å². The molecule has 1 aliphatic carbocycles. The van der Waals surface area contributed by atoms with Gasteiger partial charge in [-0.05, 0) is 91.6 Å². The number of aliphatic carboxylic acids is 1. The van der Waals surface area contributed by atoms with E-state index in [9.17, 15) is 18.3 Å². The van der Waals surface area contributed by atoms with Crippen molar-refractivity contribution in [3.63, 3.8) is 0 Å². The van der Waals surface area contributed by atoms with Gasteiger partial charge in [-0.15, -0.1) is 0 Å². The number of nitrogens with zero attached hydrogens (tertiary/aromatic N) is 1. The number of carboxylic acids is 1. The van der Waals surface area contributed by atoms with Gasteiger partial charge in [0.1, 0.15) is 35.3 Å². The molecule has 3 aromatic carbocycles. The Bertz CT molecular complexity index is 1670. The maximum absolute atomic E-state index is 15.3. The van der Waals surface area contributed by atoms with Crippen LogP contribution in [0.3, 0.4) is 0 Å². The number of carboxylic acid groups (broad SMARTS) is 1. The normalized spacial score (nSPS) is 21.6. The van der Waals surface area contributed by atoms with Gasteiger partial charge in [-0.1, -0.05) is 12.1 Å². The minimum atomic E-state index is -3.27. The Kier molecular flexibility index (Phi) is 7.85. The zero-order chi connectivity index (χ0) is 30.5. The molecule has 0 spiro atoms. The lowest BCUT2D eigenvalue weighted by molar-refractivity contribution is -0.137. The van der Waals surface area contributed by atoms with Crippen molar-refractivity contribution in [2.75, 3.05) is 26.0 Å². The summed E-state index contributed by atoms with van der Waals surface area (Å²) < 4.78 is 59.2. The van der Waals surface area contributed by atoms with Crippen LogP contribution in [0, 0.1) is 19.7 Å². The second kappa shape index (κ2) is 11.5. The fraction of sp³-hybridized carbons (Fsp3) is 0.424. The van der Waals surface area contributed by atoms with Gasteiger partial charge in [-0.2, -0.15) is 4.31 Å². The molecule has 1 N–H and O–H groups in total. The molecule has 10 heteroatoms. The number of rotatable bonds is 8. The summed E-state index contributed by atoms with van der Waals surface area (Å²) in [5, 5.41) is 9.17. The molecule has 3 aromatic rings. The predicted octanol–water partition coefficient (Wildman–Crippen LogP) is 5.93. The third-order valence-electron chi connectivity index (χ3n) is 8.73. The number of sulfonamides is 1. The Balaban J connectivity index is 1.23. The molecule has 1 fully saturated rings. The van der Waals surface area contributed by atoms with Crippen molar-refractivity contribution in [2.24, 2.45) is 0 Å². The smallest absolute Gasteiger partial charge is 0.304 e. The molecule has 0 saturated carbocycles. The molecule has 3 aliphatic rings. The summed E-state index contributed by atoms with van der Waals surface area (Å²) in [7, 11) is -3.27. The standard InChI is InChI=1S/C33H36FNO7S/c1-19-13-24(41-23-5-4-12-35(17-23)43(3,38)39)14-20(2)32(19)26-8-10-28(34)33-27(26)9-11-29(33)42-22-6-7-25-21(15-31(36)37)18-40-30(25)16-22/h6-8,10,13-14,16,21,23,29H,4-5,9,11-12,15,17-18H2,1-3H3,(H,36,37)/t21?,23-,29+/m0/s1. The molecule has 0 amide bonds. The SMILES string of the molecule is Cc1cc(O[C@H]2CCCN(S(C)(=O)=O)C2)cc(C)c1-c1ccc(F)c2c1CC[C@H]2Oc1ccc2c(c1)OCC2CC(=O)O. The third kappa shape index (κ3) is 5.95. The van der Waals surface area contributed by atoms with Crippen LogP contribution in [0.25, 0.3) is 11.1 Å². The molecule has 228 valence electrons. The molecule has 6 rings (SSSR count). The third-order valence-corrected chi connectivity index (χ3v) is 10.0. The summed E-state index contributed by atoms with van der Waals surface area (Å²) in [6.07, 6.45) is 3.39. The van der Waals surface area contributed by atoms with Gasteiger partial charge in [0.15, 0.2) is 0 Å². The van der Waals surface area contributed by atoms with Gasteiger partial charge in [0.05, 0.1) is 25.8 Å². The van der Waals surface area contributed by atoms with E-state index in [4.69, 9.17) is 14.2 Å². The average Bonchev–Trinajstić information content (AvgIpc) is 3.53. The summed E-state index contributed by atoms with van der Waals surface area (Å²) in [6, 6.07) is 12.7. The second-order valence-electron chi connectivity index (χ2n) is 11.9. The van der Waals surface area contributed by atoms with Crippen molar-refractivity contribution in [1.29, 1.82) is 0 Å². The van der Waals surface area contributed by atoms with Crippen LogP contribution in [0.2, 0.25) is 0 Å². The van der Waals surface area contributed by atoms with Crippen molar-refractivity contribution < 1.29 is 36.9 Å². The molecule has 1 unspecified atom stereocenters. The van der Waals surface area contributed by atoms with Gasteiger partial charge in [0.25, 0.3) is 0 Å². The van der Waals surface area contributed by atoms with Crippen LogP contribution in [0.1, 0.15) is 65.5 Å². The number of carbonyl (C=O) groups is 1. The number of piperidine rings is 1. The molecule has 1 saturated heterocycles. The summed E-state index contributed by atoms with van der Waals surface area (Å²) in [5.74, 6) is 0.507. The first kappa shape index (κ1) is 29.4. The first-order valence-electron chi connectivity index (χ1n) is 14.7. The van der Waals surface area contributed by atoms with Gasteiger partial charge in [-0.3, -0.25) is 4.79 Å². The second-order valence-corrected chi connectivity index (χ2v) is 13.9. The van der Waals surface area contributed by atoms with E-state index < -0.39 is 22.1 Å². The summed E-state index contributed by atoms with van der Waals surface area (Å²) in [4.78, 5) is 11.2. The number of fused-ring (bicyclic) bond motifs is 2. The largest absolute Gasteiger partial charge is 0.492 e. The minimum Gasteiger partial charge on any atom is -0.492 e. The van der Waals surface area contributed by atoms with Crippen LogP contribution < -0.4 is 14.2 Å². The van der Waals surface area contributed by atoms with Gasteiger partial charge < -0.3 is 19.3 Å². The quantitative estimate of drug-likeness (QED) is 0.338. The highest BCUT2D eigenvalue weighted by atomic mass is 32.2. The van der Waals surface area contributed by atoms with E-state index in [-0.39, 0.29) is 24.3 Å². The predicted molar refractivity (Wildman–Crippen MR) is 160 cm³/mol. The molecule has 0 aromatic heterocycles. The fourth-order valence-corrected chi connectivity index (χ4v) is 7.71. The molecule has 0 radical (unpaired) electrons. The molecule has 3 atom stereocenters. The van der Waals surface area contributed by atoms with Crippen molar-refractivity contribution in [3.05, 3.63) is 76.1 Å². The van der Waals surface area contributed by atoms with Crippen LogP contribution in [0.15, 0.2) is 42.5 Å². The Hall–Kier alpha value is -3.63. The van der Waals surface area contributed by atoms with Gasteiger partial charge in [0, 0.05) is 29.7 Å². The van der Waals surface area contributed by atoms with E-state index in [0.29, 0.717) is 55.4 Å². The highest BCUT2D eigenvalue weighted by molar-refractivity contribution is 7.88. The Morgan fingerprint density at radius 2 is 1.84 bits per heavy atom. The average molecular weight is 610 g/mol. The van der Waals surface area contributed by atoms with Crippen LogP contribution in [0.5, 0.6) is 17.2 Å². The van der Waals surface area contributed by atoms with Crippen molar-refractivity contribution in [2.45, 2.75) is 64.1 Å². The van der Waals surface area contributed by atoms with Crippen LogP contribution in [-0.4, -0.2) is 55.9 Å². The summed E-state index contributed by atoms with van der Waals surface area (Å²) in [6.45, 7) is 5.20. The van der Waals surface area contributed by atoms with E-state index in [1.165, 1.54) is 16.6 Å². The van der Waals surface area contributed by atoms with Gasteiger partial charge in [-0.25, -0.2) is 12.8 Å². The van der Waals surface area contributed by atoms with E-state index in [2.05, 4.69) is 0 Å². The molecule has 2 heterocycles. The molecule has 2 aliphatic heterocycles. The molecule has 0 bridgehead atoms. The van der Waals surface area contributed by atoms with Gasteiger partial charge >= 0.3 is 5.97 Å². The lowest BCUT2D eigenvalue weighted by atomic mass is 9.90. The summed E-state index contributed by atoms with van der Waals surface area (Å²) >= 11 is 0. The lowest BCUT2D eigenvalue weighted by Gasteiger charge is -2.31. The number of hydrogen-bond acceptors (Lipinski definition) is 6. The number of ether oxygens (including phenoxy) is 3. The van der Waals surface area contributed by atoms with Crippen molar-refractivity contribution in [1.82, 2.24) is 4.31 Å². The zero-order valence-electron chi connectivity index (χ0n) is 24.6.